The summed E-state index contributed by atoms with van der Waals surface area (Å²) in [5.74, 6) is -0.524. The number of unbranched alkanes of at least 4 members (excludes halogenated alkanes) is 26. The summed E-state index contributed by atoms with van der Waals surface area (Å²) in [7, 11) is 0. The topological polar surface area (TPSA) is 89.8 Å². The Morgan fingerprint density at radius 1 is 0.462 bits per heavy atom. The summed E-state index contributed by atoms with van der Waals surface area (Å²) in [6, 6.07) is -0.823. The van der Waals surface area contributed by atoms with Crippen LogP contribution in [0.2, 0.25) is 0 Å². The third-order valence-corrected chi connectivity index (χ3v) is 10.1. The molecule has 0 bridgehead atoms. The third-order valence-electron chi connectivity index (χ3n) is 10.1. The molecular formula is C47H87NO4. The molecule has 3 unspecified atom stereocenters. The van der Waals surface area contributed by atoms with E-state index in [0.29, 0.717) is 6.42 Å². The Hall–Kier alpha value is -1.69. The number of carbonyl (C=O) groups is 1. The van der Waals surface area contributed by atoms with Crippen molar-refractivity contribution in [1.82, 2.24) is 5.32 Å². The second-order valence-corrected chi connectivity index (χ2v) is 15.2. The van der Waals surface area contributed by atoms with Crippen LogP contribution in [0, 0.1) is 0 Å². The number of allylic oxidation sites excluding steroid dienone is 7. The molecule has 3 atom stereocenters. The maximum absolute atomic E-state index is 12.4. The molecule has 5 heteroatoms. The molecule has 0 aromatic rings. The standard InChI is InChI=1S/C47H87NO4/c1-3-5-7-9-11-13-15-17-19-20-21-22-23-24-25-26-27-28-30-31-33-35-37-39-41-45(50)44(43-49)48-47(52)46(51)42-40-38-36-34-32-29-18-16-14-12-10-8-6-4-2/h14,16,26-27,31,33,39,41,44-46,49-51H,3-13,15,17-25,28-30,32,34-38,40,42-43H2,1-2H3,(H,48,52)/b16-14-,27-26+,33-31+,41-39+. The number of nitrogens with one attached hydrogen (secondary N) is 1. The maximum Gasteiger partial charge on any atom is 0.249 e. The Morgan fingerprint density at radius 2 is 0.788 bits per heavy atom. The minimum Gasteiger partial charge on any atom is -0.394 e. The molecule has 4 N–H and O–H groups in total. The highest BCUT2D eigenvalue weighted by molar-refractivity contribution is 5.80. The largest absolute Gasteiger partial charge is 0.394 e. The first-order valence-electron chi connectivity index (χ1n) is 22.5. The summed E-state index contributed by atoms with van der Waals surface area (Å²) in [6.45, 7) is 4.15. The van der Waals surface area contributed by atoms with E-state index in [1.165, 1.54) is 148 Å². The Labute approximate surface area is 323 Å². The summed E-state index contributed by atoms with van der Waals surface area (Å²) in [5, 5.41) is 33.1. The molecule has 0 aliphatic carbocycles. The van der Waals surface area contributed by atoms with Gasteiger partial charge in [-0.1, -0.05) is 197 Å². The molecule has 0 aromatic carbocycles. The van der Waals surface area contributed by atoms with Gasteiger partial charge in [-0.25, -0.2) is 0 Å². The first-order valence-corrected chi connectivity index (χ1v) is 22.5. The van der Waals surface area contributed by atoms with Gasteiger partial charge in [0.25, 0.3) is 0 Å². The van der Waals surface area contributed by atoms with Crippen LogP contribution in [0.5, 0.6) is 0 Å². The number of aliphatic hydroxyl groups is 3. The molecule has 0 rings (SSSR count). The van der Waals surface area contributed by atoms with E-state index in [-0.39, 0.29) is 6.61 Å². The fourth-order valence-corrected chi connectivity index (χ4v) is 6.56. The predicted molar refractivity (Wildman–Crippen MR) is 227 cm³/mol. The maximum atomic E-state index is 12.4. The van der Waals surface area contributed by atoms with Gasteiger partial charge in [-0.05, 0) is 70.6 Å². The number of hydrogen-bond donors (Lipinski definition) is 4. The Balaban J connectivity index is 3.74. The monoisotopic (exact) mass is 730 g/mol. The highest BCUT2D eigenvalue weighted by Crippen LogP contribution is 2.14. The van der Waals surface area contributed by atoms with Gasteiger partial charge in [0, 0.05) is 0 Å². The molecule has 0 fully saturated rings. The van der Waals surface area contributed by atoms with Crippen molar-refractivity contribution in [2.45, 2.75) is 238 Å². The fourth-order valence-electron chi connectivity index (χ4n) is 6.56. The van der Waals surface area contributed by atoms with Crippen LogP contribution in [0.4, 0.5) is 0 Å². The number of carbonyl (C=O) groups excluding carboxylic acids is 1. The number of aliphatic hydroxyl groups excluding tert-OH is 3. The van der Waals surface area contributed by atoms with Crippen LogP contribution >= 0.6 is 0 Å². The van der Waals surface area contributed by atoms with Crippen molar-refractivity contribution in [1.29, 1.82) is 0 Å². The zero-order valence-corrected chi connectivity index (χ0v) is 34.4. The SMILES string of the molecule is CCCCCC/C=C\CCCCCCCCC(O)C(=O)NC(CO)C(O)/C=C/CC/C=C/CC/C=C/CCCCCCCCCCCCCCCC. The van der Waals surface area contributed by atoms with Gasteiger partial charge in [-0.2, -0.15) is 0 Å². The Kier molecular flexibility index (Phi) is 40.7. The third kappa shape index (κ3) is 36.7. The predicted octanol–water partition coefficient (Wildman–Crippen LogP) is 12.9. The number of amides is 1. The molecule has 304 valence electrons. The average Bonchev–Trinajstić information content (AvgIpc) is 3.15. The minimum absolute atomic E-state index is 0.384. The summed E-state index contributed by atoms with van der Waals surface area (Å²) in [4.78, 5) is 12.4. The molecule has 0 aromatic heterocycles. The Bertz CT molecular complexity index is 850. The first-order chi connectivity index (χ1) is 25.6. The highest BCUT2D eigenvalue weighted by Gasteiger charge is 2.22. The van der Waals surface area contributed by atoms with Crippen molar-refractivity contribution in [2.24, 2.45) is 0 Å². The second-order valence-electron chi connectivity index (χ2n) is 15.2. The summed E-state index contributed by atoms with van der Waals surface area (Å²) in [5.41, 5.74) is 0. The molecule has 52 heavy (non-hydrogen) atoms. The molecule has 5 nitrogen and oxygen atoms in total. The van der Waals surface area contributed by atoms with Gasteiger partial charge >= 0.3 is 0 Å². The van der Waals surface area contributed by atoms with Crippen molar-refractivity contribution in [3.05, 3.63) is 48.6 Å². The van der Waals surface area contributed by atoms with E-state index in [2.05, 4.69) is 55.6 Å². The lowest BCUT2D eigenvalue weighted by Crippen LogP contribution is -2.48. The van der Waals surface area contributed by atoms with E-state index in [1.807, 2.05) is 6.08 Å². The van der Waals surface area contributed by atoms with Crippen LogP contribution < -0.4 is 5.32 Å². The molecule has 0 radical (unpaired) electrons. The van der Waals surface area contributed by atoms with Gasteiger partial charge < -0.3 is 20.6 Å². The summed E-state index contributed by atoms with van der Waals surface area (Å²) in [6.07, 6.45) is 54.4. The number of rotatable bonds is 40. The molecule has 0 spiro atoms. The van der Waals surface area contributed by atoms with Crippen LogP contribution in [0.25, 0.3) is 0 Å². The van der Waals surface area contributed by atoms with Crippen molar-refractivity contribution in [3.8, 4) is 0 Å². The van der Waals surface area contributed by atoms with Crippen molar-refractivity contribution >= 4 is 5.91 Å². The molecule has 0 saturated heterocycles. The van der Waals surface area contributed by atoms with Crippen molar-refractivity contribution in [3.63, 3.8) is 0 Å². The van der Waals surface area contributed by atoms with Crippen molar-refractivity contribution in [2.75, 3.05) is 6.61 Å². The summed E-state index contributed by atoms with van der Waals surface area (Å²) < 4.78 is 0. The van der Waals surface area contributed by atoms with Crippen molar-refractivity contribution < 1.29 is 20.1 Å². The molecule has 0 heterocycles. The quantitative estimate of drug-likeness (QED) is 0.0373. The molecule has 0 saturated carbocycles. The lowest BCUT2D eigenvalue weighted by Gasteiger charge is -2.21. The lowest BCUT2D eigenvalue weighted by molar-refractivity contribution is -0.131. The number of hydrogen-bond acceptors (Lipinski definition) is 4. The minimum atomic E-state index is -1.11. The molecule has 1 amide bonds. The van der Waals surface area contributed by atoms with Crippen LogP contribution in [-0.2, 0) is 4.79 Å². The van der Waals surface area contributed by atoms with E-state index in [0.717, 1.165) is 51.4 Å². The normalized spacial score (nSPS) is 14.0. The smallest absolute Gasteiger partial charge is 0.249 e. The zero-order chi connectivity index (χ0) is 38.0. The van der Waals surface area contributed by atoms with E-state index in [4.69, 9.17) is 0 Å². The van der Waals surface area contributed by atoms with E-state index in [9.17, 15) is 20.1 Å². The van der Waals surface area contributed by atoms with Gasteiger partial charge in [-0.3, -0.25) is 4.79 Å². The second kappa shape index (κ2) is 42.1. The summed E-state index contributed by atoms with van der Waals surface area (Å²) >= 11 is 0. The van der Waals surface area contributed by atoms with Crippen LogP contribution in [-0.4, -0.2) is 46.1 Å². The first kappa shape index (κ1) is 50.3. The molecule has 0 aliphatic rings. The Morgan fingerprint density at radius 3 is 1.19 bits per heavy atom. The van der Waals surface area contributed by atoms with Gasteiger partial charge in [0.1, 0.15) is 6.10 Å². The van der Waals surface area contributed by atoms with Crippen LogP contribution in [0.3, 0.4) is 0 Å². The average molecular weight is 730 g/mol. The van der Waals surface area contributed by atoms with Crippen LogP contribution in [0.15, 0.2) is 48.6 Å². The highest BCUT2D eigenvalue weighted by atomic mass is 16.3. The van der Waals surface area contributed by atoms with Crippen LogP contribution in [0.1, 0.15) is 219 Å². The van der Waals surface area contributed by atoms with E-state index >= 15 is 0 Å². The fraction of sp³-hybridized carbons (Fsp3) is 0.809. The van der Waals surface area contributed by atoms with Gasteiger partial charge in [0.05, 0.1) is 18.8 Å². The van der Waals surface area contributed by atoms with E-state index in [1.54, 1.807) is 6.08 Å². The van der Waals surface area contributed by atoms with Gasteiger partial charge in [0.2, 0.25) is 5.91 Å². The molecule has 0 aliphatic heterocycles. The zero-order valence-electron chi connectivity index (χ0n) is 34.4. The van der Waals surface area contributed by atoms with Gasteiger partial charge in [-0.15, -0.1) is 0 Å². The lowest BCUT2D eigenvalue weighted by atomic mass is 10.0. The van der Waals surface area contributed by atoms with Gasteiger partial charge in [0.15, 0.2) is 0 Å². The molecular weight excluding hydrogens is 643 g/mol. The van der Waals surface area contributed by atoms with E-state index < -0.39 is 24.2 Å².